The van der Waals surface area contributed by atoms with Crippen LogP contribution in [-0.2, 0) is 11.3 Å². The summed E-state index contributed by atoms with van der Waals surface area (Å²) in [6, 6.07) is 18.4. The van der Waals surface area contributed by atoms with Gasteiger partial charge in [-0.25, -0.2) is 0 Å². The van der Waals surface area contributed by atoms with Crippen molar-refractivity contribution >= 4 is 16.8 Å². The molecule has 1 N–H and O–H groups in total. The molecule has 0 saturated carbocycles. The third-order valence-corrected chi connectivity index (χ3v) is 4.11. The molecule has 24 heavy (non-hydrogen) atoms. The predicted octanol–water partition coefficient (Wildman–Crippen LogP) is 4.01. The predicted molar refractivity (Wildman–Crippen MR) is 97.7 cm³/mol. The molecule has 3 aromatic rings. The molecule has 0 aliphatic rings. The van der Waals surface area contributed by atoms with Crippen LogP contribution in [0.2, 0.25) is 0 Å². The van der Waals surface area contributed by atoms with Gasteiger partial charge >= 0.3 is 0 Å². The molecule has 0 bridgehead atoms. The summed E-state index contributed by atoms with van der Waals surface area (Å²) in [6.45, 7) is 3.46. The number of hydrogen-bond donors (Lipinski definition) is 1. The standard InChI is InChI=1S/C20H23N3O/c1-2-3-14-21-19(24)13-15-23-18-12-8-7-11-17(18)20(22-23)16-9-5-4-6-10-16/h4-12H,2-3,13-15H2,1H3,(H,21,24). The summed E-state index contributed by atoms with van der Waals surface area (Å²) in [5, 5.41) is 8.85. The van der Waals surface area contributed by atoms with Crippen molar-refractivity contribution in [3.63, 3.8) is 0 Å². The number of para-hydroxylation sites is 1. The Bertz CT molecular complexity index is 808. The molecule has 0 fully saturated rings. The maximum atomic E-state index is 12.0. The molecular weight excluding hydrogens is 298 g/mol. The Balaban J connectivity index is 1.80. The number of nitrogens with one attached hydrogen (secondary N) is 1. The van der Waals surface area contributed by atoms with E-state index in [0.29, 0.717) is 13.0 Å². The maximum Gasteiger partial charge on any atom is 0.221 e. The third-order valence-electron chi connectivity index (χ3n) is 4.11. The molecule has 1 heterocycles. The molecule has 0 aliphatic carbocycles. The van der Waals surface area contributed by atoms with Crippen LogP contribution in [0.25, 0.3) is 22.2 Å². The van der Waals surface area contributed by atoms with Crippen LogP contribution in [0.15, 0.2) is 54.6 Å². The van der Waals surface area contributed by atoms with Crippen molar-refractivity contribution in [3.05, 3.63) is 54.6 Å². The molecule has 0 saturated heterocycles. The average molecular weight is 321 g/mol. The highest BCUT2D eigenvalue weighted by molar-refractivity contribution is 5.93. The first-order valence-corrected chi connectivity index (χ1v) is 8.57. The van der Waals surface area contributed by atoms with E-state index in [1.165, 1.54) is 0 Å². The molecule has 4 heteroatoms. The summed E-state index contributed by atoms with van der Waals surface area (Å²) in [4.78, 5) is 12.0. The Hall–Kier alpha value is -2.62. The van der Waals surface area contributed by atoms with Crippen LogP contribution >= 0.6 is 0 Å². The minimum Gasteiger partial charge on any atom is -0.356 e. The zero-order chi connectivity index (χ0) is 16.8. The molecule has 1 amide bonds. The number of aromatic nitrogens is 2. The lowest BCUT2D eigenvalue weighted by Crippen LogP contribution is -2.25. The van der Waals surface area contributed by atoms with Gasteiger partial charge in [0.25, 0.3) is 0 Å². The molecule has 2 aromatic carbocycles. The SMILES string of the molecule is CCCCNC(=O)CCn1nc(-c2ccccc2)c2ccccc21. The second kappa shape index (κ2) is 7.77. The Morgan fingerprint density at radius 2 is 1.83 bits per heavy atom. The van der Waals surface area contributed by atoms with E-state index in [1.807, 2.05) is 35.0 Å². The highest BCUT2D eigenvalue weighted by Crippen LogP contribution is 2.27. The first kappa shape index (κ1) is 16.2. The fraction of sp³-hybridized carbons (Fsp3) is 0.300. The molecule has 3 rings (SSSR count). The Morgan fingerprint density at radius 3 is 2.62 bits per heavy atom. The third kappa shape index (κ3) is 3.65. The van der Waals surface area contributed by atoms with Gasteiger partial charge < -0.3 is 5.32 Å². The molecule has 0 unspecified atom stereocenters. The van der Waals surface area contributed by atoms with Crippen LogP contribution < -0.4 is 5.32 Å². The first-order chi connectivity index (χ1) is 11.8. The highest BCUT2D eigenvalue weighted by Gasteiger charge is 2.12. The molecule has 0 radical (unpaired) electrons. The second-order valence-corrected chi connectivity index (χ2v) is 5.91. The van der Waals surface area contributed by atoms with E-state index in [1.54, 1.807) is 0 Å². The fourth-order valence-electron chi connectivity index (χ4n) is 2.81. The first-order valence-electron chi connectivity index (χ1n) is 8.57. The van der Waals surface area contributed by atoms with Crippen molar-refractivity contribution in [1.82, 2.24) is 15.1 Å². The zero-order valence-corrected chi connectivity index (χ0v) is 14.0. The Morgan fingerprint density at radius 1 is 1.08 bits per heavy atom. The molecule has 124 valence electrons. The lowest BCUT2D eigenvalue weighted by molar-refractivity contribution is -0.121. The van der Waals surface area contributed by atoms with Gasteiger partial charge in [0.1, 0.15) is 5.69 Å². The summed E-state index contributed by atoms with van der Waals surface area (Å²) in [6.07, 6.45) is 2.56. The molecule has 0 atom stereocenters. The summed E-state index contributed by atoms with van der Waals surface area (Å²) in [5.74, 6) is 0.0873. The lowest BCUT2D eigenvalue weighted by atomic mass is 10.1. The monoisotopic (exact) mass is 321 g/mol. The Labute approximate surface area is 142 Å². The molecular formula is C20H23N3O. The van der Waals surface area contributed by atoms with Gasteiger partial charge in [-0.3, -0.25) is 9.48 Å². The van der Waals surface area contributed by atoms with Crippen LogP contribution in [0.3, 0.4) is 0 Å². The van der Waals surface area contributed by atoms with Crippen LogP contribution in [0, 0.1) is 0 Å². The van der Waals surface area contributed by atoms with Crippen molar-refractivity contribution in [1.29, 1.82) is 0 Å². The molecule has 1 aromatic heterocycles. The van der Waals surface area contributed by atoms with Gasteiger partial charge in [0.2, 0.25) is 5.91 Å². The molecule has 4 nitrogen and oxygen atoms in total. The largest absolute Gasteiger partial charge is 0.356 e. The average Bonchev–Trinajstić information content (AvgIpc) is 3.00. The van der Waals surface area contributed by atoms with Gasteiger partial charge in [-0.15, -0.1) is 0 Å². The van der Waals surface area contributed by atoms with E-state index < -0.39 is 0 Å². The summed E-state index contributed by atoms with van der Waals surface area (Å²) >= 11 is 0. The quantitative estimate of drug-likeness (QED) is 0.668. The number of carbonyl (C=O) groups is 1. The normalized spacial score (nSPS) is 10.9. The van der Waals surface area contributed by atoms with Gasteiger partial charge in [-0.1, -0.05) is 61.9 Å². The van der Waals surface area contributed by atoms with E-state index in [-0.39, 0.29) is 5.91 Å². The van der Waals surface area contributed by atoms with E-state index in [0.717, 1.165) is 41.5 Å². The van der Waals surface area contributed by atoms with Gasteiger partial charge in [-0.2, -0.15) is 5.10 Å². The van der Waals surface area contributed by atoms with Crippen LogP contribution in [0.5, 0.6) is 0 Å². The summed E-state index contributed by atoms with van der Waals surface area (Å²) in [7, 11) is 0. The second-order valence-electron chi connectivity index (χ2n) is 5.91. The minimum absolute atomic E-state index is 0.0873. The van der Waals surface area contributed by atoms with Crippen molar-refractivity contribution in [2.24, 2.45) is 0 Å². The summed E-state index contributed by atoms with van der Waals surface area (Å²) < 4.78 is 1.94. The number of unbranched alkanes of at least 4 members (excludes halogenated alkanes) is 1. The van der Waals surface area contributed by atoms with Gasteiger partial charge in [0.05, 0.1) is 12.1 Å². The highest BCUT2D eigenvalue weighted by atomic mass is 16.1. The van der Waals surface area contributed by atoms with Crippen LogP contribution in [0.1, 0.15) is 26.2 Å². The van der Waals surface area contributed by atoms with Crippen molar-refractivity contribution in [2.75, 3.05) is 6.54 Å². The number of aryl methyl sites for hydroxylation is 1. The van der Waals surface area contributed by atoms with Crippen LogP contribution in [-0.4, -0.2) is 22.2 Å². The topological polar surface area (TPSA) is 46.9 Å². The number of carbonyl (C=O) groups excluding carboxylic acids is 1. The number of amides is 1. The number of nitrogens with zero attached hydrogens (tertiary/aromatic N) is 2. The summed E-state index contributed by atoms with van der Waals surface area (Å²) in [5.41, 5.74) is 3.13. The zero-order valence-electron chi connectivity index (χ0n) is 14.0. The van der Waals surface area contributed by atoms with Gasteiger partial charge in [0.15, 0.2) is 0 Å². The van der Waals surface area contributed by atoms with Crippen LogP contribution in [0.4, 0.5) is 0 Å². The van der Waals surface area contributed by atoms with Crippen molar-refractivity contribution in [2.45, 2.75) is 32.7 Å². The smallest absolute Gasteiger partial charge is 0.221 e. The minimum atomic E-state index is 0.0873. The lowest BCUT2D eigenvalue weighted by Gasteiger charge is -2.05. The van der Waals surface area contributed by atoms with E-state index in [2.05, 4.69) is 36.5 Å². The maximum absolute atomic E-state index is 12.0. The Kier molecular flexibility index (Phi) is 5.26. The molecule has 0 aliphatic heterocycles. The number of benzene rings is 2. The van der Waals surface area contributed by atoms with Gasteiger partial charge in [-0.05, 0) is 12.5 Å². The number of fused-ring (bicyclic) bond motifs is 1. The van der Waals surface area contributed by atoms with E-state index >= 15 is 0 Å². The van der Waals surface area contributed by atoms with Gasteiger partial charge in [0, 0.05) is 23.9 Å². The number of hydrogen-bond acceptors (Lipinski definition) is 2. The molecule has 0 spiro atoms. The van der Waals surface area contributed by atoms with E-state index in [4.69, 9.17) is 5.10 Å². The van der Waals surface area contributed by atoms with Crippen molar-refractivity contribution < 1.29 is 4.79 Å². The fourth-order valence-corrected chi connectivity index (χ4v) is 2.81. The van der Waals surface area contributed by atoms with E-state index in [9.17, 15) is 4.79 Å². The number of rotatable bonds is 7. The van der Waals surface area contributed by atoms with Crippen molar-refractivity contribution in [3.8, 4) is 11.3 Å².